The number of aromatic amines is 2. The van der Waals surface area contributed by atoms with Gasteiger partial charge in [0.25, 0.3) is 0 Å². The summed E-state index contributed by atoms with van der Waals surface area (Å²) in [4.78, 5) is 28.0. The molecule has 0 saturated carbocycles. The Hall–Kier alpha value is -2.64. The number of ether oxygens (including phenoxy) is 1. The molecule has 0 fully saturated rings. The molecule has 0 aliphatic carbocycles. The number of nitrogens with one attached hydrogen (secondary N) is 2. The van der Waals surface area contributed by atoms with Gasteiger partial charge in [-0.1, -0.05) is 0 Å². The second kappa shape index (κ2) is 7.08. The molecule has 1 atom stereocenters. The first-order valence-corrected chi connectivity index (χ1v) is 8.35. The molecule has 2 N–H and O–H groups in total. The number of rotatable bonds is 5. The second-order valence-electron chi connectivity index (χ2n) is 6.10. The average Bonchev–Trinajstić information content (AvgIpc) is 2.99. The van der Waals surface area contributed by atoms with Gasteiger partial charge in [-0.25, -0.2) is 14.3 Å². The van der Waals surface area contributed by atoms with E-state index < -0.39 is 0 Å². The lowest BCUT2D eigenvalue weighted by Crippen LogP contribution is -2.37. The van der Waals surface area contributed by atoms with E-state index in [1.807, 2.05) is 6.92 Å². The Morgan fingerprint density at radius 3 is 2.96 bits per heavy atom. The molecule has 7 nitrogen and oxygen atoms in total. The minimum atomic E-state index is -0.390. The zero-order valence-corrected chi connectivity index (χ0v) is 14.3. The van der Waals surface area contributed by atoms with Gasteiger partial charge in [0.2, 0.25) is 5.91 Å². The van der Waals surface area contributed by atoms with Gasteiger partial charge in [0.05, 0.1) is 12.6 Å². The quantitative estimate of drug-likeness (QED) is 0.863. The Balaban J connectivity index is 1.79. The molecule has 0 bridgehead atoms. The molecule has 8 heteroatoms. The fraction of sp³-hybridized carbons (Fsp3) is 0.471. The van der Waals surface area contributed by atoms with Crippen LogP contribution in [-0.2, 0) is 11.2 Å². The van der Waals surface area contributed by atoms with Crippen molar-refractivity contribution in [3.63, 3.8) is 0 Å². The van der Waals surface area contributed by atoms with Crippen LogP contribution in [0.4, 0.5) is 4.39 Å². The first kappa shape index (κ1) is 17.2. The van der Waals surface area contributed by atoms with Gasteiger partial charge in [-0.05, 0) is 31.5 Å². The number of hydrogen-bond acceptors (Lipinski definition) is 4. The summed E-state index contributed by atoms with van der Waals surface area (Å²) in [5, 5.41) is 6.09. The van der Waals surface area contributed by atoms with Gasteiger partial charge in [0.1, 0.15) is 17.4 Å². The molecule has 2 aromatic rings. The lowest BCUT2D eigenvalue weighted by Gasteiger charge is -2.35. The smallest absolute Gasteiger partial charge is 0.340 e. The monoisotopic (exact) mass is 348 g/mol. The van der Waals surface area contributed by atoms with Crippen molar-refractivity contribution in [3.05, 3.63) is 45.4 Å². The van der Waals surface area contributed by atoms with Gasteiger partial charge in [-0.15, -0.1) is 0 Å². The van der Waals surface area contributed by atoms with Crippen molar-refractivity contribution in [3.8, 4) is 5.75 Å². The number of H-pyrrole nitrogens is 2. The molecule has 0 radical (unpaired) electrons. The van der Waals surface area contributed by atoms with E-state index in [2.05, 4.69) is 15.2 Å². The molecule has 1 aliphatic rings. The van der Waals surface area contributed by atoms with Crippen LogP contribution in [0.3, 0.4) is 0 Å². The number of carbonyl (C=O) groups is 1. The van der Waals surface area contributed by atoms with Crippen LogP contribution in [0.1, 0.15) is 42.8 Å². The molecule has 0 spiro atoms. The van der Waals surface area contributed by atoms with Gasteiger partial charge in [-0.3, -0.25) is 9.78 Å². The molecule has 1 aromatic heterocycles. The number of aryl methyl sites for hydroxylation is 2. The van der Waals surface area contributed by atoms with Crippen LogP contribution >= 0.6 is 0 Å². The van der Waals surface area contributed by atoms with E-state index in [-0.39, 0.29) is 29.9 Å². The molecule has 3 rings (SSSR count). The van der Waals surface area contributed by atoms with E-state index in [1.54, 1.807) is 11.8 Å². The van der Waals surface area contributed by atoms with Crippen molar-refractivity contribution in [1.29, 1.82) is 0 Å². The van der Waals surface area contributed by atoms with Crippen LogP contribution < -0.4 is 10.4 Å². The number of aromatic nitrogens is 3. The number of carbonyl (C=O) groups excluding carboxylic acids is 1. The Labute approximate surface area is 144 Å². The highest BCUT2D eigenvalue weighted by Gasteiger charge is 2.30. The molecule has 1 aromatic carbocycles. The third-order valence-electron chi connectivity index (χ3n) is 4.43. The highest BCUT2D eigenvalue weighted by atomic mass is 19.1. The summed E-state index contributed by atoms with van der Waals surface area (Å²) >= 11 is 0. The summed E-state index contributed by atoms with van der Waals surface area (Å²) in [6.07, 6.45) is 1.18. The van der Waals surface area contributed by atoms with E-state index in [0.717, 1.165) is 5.56 Å². The van der Waals surface area contributed by atoms with Gasteiger partial charge < -0.3 is 9.64 Å². The molecule has 25 heavy (non-hydrogen) atoms. The van der Waals surface area contributed by atoms with Crippen molar-refractivity contribution in [1.82, 2.24) is 20.1 Å². The number of amides is 1. The maximum atomic E-state index is 13.9. The summed E-state index contributed by atoms with van der Waals surface area (Å²) in [6.45, 7) is 4.70. The highest BCUT2D eigenvalue weighted by Crippen LogP contribution is 2.39. The van der Waals surface area contributed by atoms with Crippen LogP contribution in [0.15, 0.2) is 16.9 Å². The fourth-order valence-corrected chi connectivity index (χ4v) is 3.32. The van der Waals surface area contributed by atoms with Crippen molar-refractivity contribution in [2.24, 2.45) is 0 Å². The molecule has 1 unspecified atom stereocenters. The Morgan fingerprint density at radius 2 is 2.28 bits per heavy atom. The van der Waals surface area contributed by atoms with E-state index >= 15 is 0 Å². The minimum absolute atomic E-state index is 0.0638. The molecule has 134 valence electrons. The summed E-state index contributed by atoms with van der Waals surface area (Å²) < 4.78 is 19.6. The summed E-state index contributed by atoms with van der Waals surface area (Å²) in [7, 11) is 0. The van der Waals surface area contributed by atoms with Crippen LogP contribution in [0.5, 0.6) is 5.75 Å². The first-order chi connectivity index (χ1) is 12.0. The normalized spacial score (nSPS) is 16.2. The van der Waals surface area contributed by atoms with Crippen LogP contribution in [-0.4, -0.2) is 39.1 Å². The van der Waals surface area contributed by atoms with Crippen LogP contribution in [0, 0.1) is 12.7 Å². The van der Waals surface area contributed by atoms with Crippen molar-refractivity contribution in [2.45, 2.75) is 39.2 Å². The summed E-state index contributed by atoms with van der Waals surface area (Å²) in [5.41, 5.74) is 1.06. The molecule has 1 amide bonds. The van der Waals surface area contributed by atoms with Gasteiger partial charge >= 0.3 is 5.69 Å². The summed E-state index contributed by atoms with van der Waals surface area (Å²) in [6, 6.07) is 2.68. The Morgan fingerprint density at radius 1 is 1.48 bits per heavy atom. The predicted molar refractivity (Wildman–Crippen MR) is 88.9 cm³/mol. The van der Waals surface area contributed by atoms with Gasteiger partial charge in [0.15, 0.2) is 0 Å². The number of fused-ring (bicyclic) bond motifs is 1. The van der Waals surface area contributed by atoms with Gasteiger partial charge in [-0.2, -0.15) is 5.10 Å². The zero-order valence-electron chi connectivity index (χ0n) is 14.3. The number of halogens is 1. The van der Waals surface area contributed by atoms with Crippen molar-refractivity contribution < 1.29 is 13.9 Å². The largest absolute Gasteiger partial charge is 0.493 e. The number of hydrogen-bond donors (Lipinski definition) is 2. The zero-order chi connectivity index (χ0) is 18.0. The standard InChI is InChI=1S/C17H21FN4O3/c1-3-22(15(23)5-4-14-19-17(24)21-20-14)13-6-7-25-16-10(2)8-11(18)9-12(13)16/h8-9,13H,3-7H2,1-2H3,(H2,19,20,21,24). The summed E-state index contributed by atoms with van der Waals surface area (Å²) in [5.74, 6) is 0.722. The number of benzene rings is 1. The fourth-order valence-electron chi connectivity index (χ4n) is 3.32. The lowest BCUT2D eigenvalue weighted by molar-refractivity contribution is -0.134. The topological polar surface area (TPSA) is 91.1 Å². The molecular formula is C17H21FN4O3. The average molecular weight is 348 g/mol. The molecule has 1 aliphatic heterocycles. The van der Waals surface area contributed by atoms with Crippen LogP contribution in [0.25, 0.3) is 0 Å². The van der Waals surface area contributed by atoms with E-state index in [9.17, 15) is 14.0 Å². The SMILES string of the molecule is CCN(C(=O)CCc1n[nH]c(=O)[nH]1)C1CCOc2c(C)cc(F)cc21. The van der Waals surface area contributed by atoms with Gasteiger partial charge in [0, 0.05) is 31.4 Å². The molecule has 0 saturated heterocycles. The first-order valence-electron chi connectivity index (χ1n) is 8.35. The maximum Gasteiger partial charge on any atom is 0.340 e. The number of nitrogens with zero attached hydrogens (tertiary/aromatic N) is 2. The van der Waals surface area contributed by atoms with Crippen LogP contribution in [0.2, 0.25) is 0 Å². The Bertz CT molecular complexity index is 830. The minimum Gasteiger partial charge on any atom is -0.493 e. The third-order valence-corrected chi connectivity index (χ3v) is 4.43. The third kappa shape index (κ3) is 3.57. The molecule has 2 heterocycles. The van der Waals surface area contributed by atoms with Crippen molar-refractivity contribution in [2.75, 3.05) is 13.2 Å². The van der Waals surface area contributed by atoms with E-state index in [0.29, 0.717) is 43.1 Å². The van der Waals surface area contributed by atoms with Crippen molar-refractivity contribution >= 4 is 5.91 Å². The predicted octanol–water partition coefficient (Wildman–Crippen LogP) is 1.85. The second-order valence-corrected chi connectivity index (χ2v) is 6.10. The Kier molecular flexibility index (Phi) is 4.87. The highest BCUT2D eigenvalue weighted by molar-refractivity contribution is 5.77. The van der Waals surface area contributed by atoms with E-state index in [4.69, 9.17) is 4.74 Å². The van der Waals surface area contributed by atoms with E-state index in [1.165, 1.54) is 12.1 Å². The maximum absolute atomic E-state index is 13.9. The molecular weight excluding hydrogens is 327 g/mol. The lowest BCUT2D eigenvalue weighted by atomic mass is 9.96.